The van der Waals surface area contributed by atoms with E-state index in [1.165, 1.54) is 0 Å². The van der Waals surface area contributed by atoms with E-state index < -0.39 is 0 Å². The first kappa shape index (κ1) is 16.8. The van der Waals surface area contributed by atoms with Crippen LogP contribution in [0.2, 0.25) is 0 Å². The molecular formula is C19H21N3O4. The number of aryl methyl sites for hydroxylation is 1. The highest BCUT2D eigenvalue weighted by atomic mass is 16.5. The molecule has 0 saturated carbocycles. The number of fused-ring (bicyclic) bond motifs is 1. The zero-order valence-corrected chi connectivity index (χ0v) is 14.6. The molecule has 2 aliphatic heterocycles. The second kappa shape index (κ2) is 6.92. The van der Waals surface area contributed by atoms with Gasteiger partial charge in [-0.15, -0.1) is 0 Å². The predicted octanol–water partition coefficient (Wildman–Crippen LogP) is 2.24. The van der Waals surface area contributed by atoms with Crippen LogP contribution in [0.3, 0.4) is 0 Å². The van der Waals surface area contributed by atoms with Crippen molar-refractivity contribution in [1.29, 1.82) is 0 Å². The number of piperidine rings is 1. The third kappa shape index (κ3) is 3.22. The summed E-state index contributed by atoms with van der Waals surface area (Å²) in [6.07, 6.45) is 4.53. The molecule has 7 nitrogen and oxygen atoms in total. The molecule has 2 fully saturated rings. The van der Waals surface area contributed by atoms with Crippen molar-refractivity contribution in [3.05, 3.63) is 48.2 Å². The zero-order chi connectivity index (χ0) is 18.1. The zero-order valence-electron chi connectivity index (χ0n) is 14.6. The number of nitrogens with zero attached hydrogens (tertiary/aromatic N) is 2. The number of hydrogen-bond acceptors (Lipinski definition) is 5. The molecule has 0 bridgehead atoms. The van der Waals surface area contributed by atoms with Gasteiger partial charge in [-0.05, 0) is 44.0 Å². The number of carbonyl (C=O) groups is 2. The average molecular weight is 355 g/mol. The minimum Gasteiger partial charge on any atom is -0.456 e. The molecule has 136 valence electrons. The van der Waals surface area contributed by atoms with Crippen molar-refractivity contribution < 1.29 is 18.7 Å². The number of aromatic nitrogens is 1. The summed E-state index contributed by atoms with van der Waals surface area (Å²) in [6.45, 7) is 2.76. The SMILES string of the molecule is Cc1ccc(C(=O)N2C[C@H](C(=O)Nc3cccnc3)C[C@@H]3OCC[C@@H]32)o1. The van der Waals surface area contributed by atoms with Crippen molar-refractivity contribution >= 4 is 17.5 Å². The Balaban J connectivity index is 1.52. The molecule has 1 N–H and O–H groups in total. The van der Waals surface area contributed by atoms with Crippen LogP contribution in [-0.4, -0.2) is 47.0 Å². The lowest BCUT2D eigenvalue weighted by Crippen LogP contribution is -2.54. The molecule has 0 aliphatic carbocycles. The molecule has 2 aliphatic rings. The van der Waals surface area contributed by atoms with E-state index in [1.54, 1.807) is 48.5 Å². The Bertz CT molecular complexity index is 804. The maximum Gasteiger partial charge on any atom is 0.289 e. The van der Waals surface area contributed by atoms with Crippen LogP contribution in [0.4, 0.5) is 5.69 Å². The van der Waals surface area contributed by atoms with E-state index in [0.29, 0.717) is 36.8 Å². The fourth-order valence-corrected chi connectivity index (χ4v) is 3.74. The highest BCUT2D eigenvalue weighted by Crippen LogP contribution is 2.33. The normalized spacial score (nSPS) is 25.0. The first-order chi connectivity index (χ1) is 12.6. The summed E-state index contributed by atoms with van der Waals surface area (Å²) >= 11 is 0. The summed E-state index contributed by atoms with van der Waals surface area (Å²) in [5, 5.41) is 2.88. The molecule has 2 saturated heterocycles. The molecule has 0 radical (unpaired) electrons. The third-order valence-electron chi connectivity index (χ3n) is 5.02. The lowest BCUT2D eigenvalue weighted by atomic mass is 9.89. The van der Waals surface area contributed by atoms with Crippen LogP contribution in [0.5, 0.6) is 0 Å². The second-order valence-electron chi connectivity index (χ2n) is 6.80. The number of amides is 2. The predicted molar refractivity (Wildman–Crippen MR) is 93.6 cm³/mol. The van der Waals surface area contributed by atoms with Crippen LogP contribution < -0.4 is 5.32 Å². The van der Waals surface area contributed by atoms with Gasteiger partial charge in [0.1, 0.15) is 5.76 Å². The summed E-state index contributed by atoms with van der Waals surface area (Å²) in [5.74, 6) is 0.351. The van der Waals surface area contributed by atoms with E-state index in [0.717, 1.165) is 6.42 Å². The van der Waals surface area contributed by atoms with Crippen LogP contribution in [0.25, 0.3) is 0 Å². The van der Waals surface area contributed by atoms with Crippen LogP contribution >= 0.6 is 0 Å². The van der Waals surface area contributed by atoms with Gasteiger partial charge in [-0.2, -0.15) is 0 Å². The number of nitrogens with one attached hydrogen (secondary N) is 1. The summed E-state index contributed by atoms with van der Waals surface area (Å²) in [4.78, 5) is 31.4. The lowest BCUT2D eigenvalue weighted by molar-refractivity contribution is -0.123. The summed E-state index contributed by atoms with van der Waals surface area (Å²) < 4.78 is 11.3. The number of likely N-dealkylation sites (tertiary alicyclic amines) is 1. The van der Waals surface area contributed by atoms with Gasteiger partial charge in [0.25, 0.3) is 5.91 Å². The van der Waals surface area contributed by atoms with Crippen molar-refractivity contribution in [1.82, 2.24) is 9.88 Å². The molecule has 2 aromatic heterocycles. The quantitative estimate of drug-likeness (QED) is 0.913. The van der Waals surface area contributed by atoms with Gasteiger partial charge in [0, 0.05) is 19.3 Å². The lowest BCUT2D eigenvalue weighted by Gasteiger charge is -2.39. The molecular weight excluding hydrogens is 334 g/mol. The van der Waals surface area contributed by atoms with Crippen LogP contribution in [0.1, 0.15) is 29.2 Å². The van der Waals surface area contributed by atoms with Gasteiger partial charge < -0.3 is 19.4 Å². The Morgan fingerprint density at radius 3 is 2.92 bits per heavy atom. The number of hydrogen-bond donors (Lipinski definition) is 1. The van der Waals surface area contributed by atoms with Crippen molar-refractivity contribution in [3.63, 3.8) is 0 Å². The van der Waals surface area contributed by atoms with E-state index in [1.807, 2.05) is 0 Å². The second-order valence-corrected chi connectivity index (χ2v) is 6.80. The molecule has 2 aromatic rings. The van der Waals surface area contributed by atoms with Gasteiger partial charge in [-0.1, -0.05) is 0 Å². The van der Waals surface area contributed by atoms with Crippen LogP contribution in [0, 0.1) is 12.8 Å². The summed E-state index contributed by atoms with van der Waals surface area (Å²) in [7, 11) is 0. The fraction of sp³-hybridized carbons (Fsp3) is 0.421. The Hall–Kier alpha value is -2.67. The largest absolute Gasteiger partial charge is 0.456 e. The number of ether oxygens (including phenoxy) is 1. The highest BCUT2D eigenvalue weighted by molar-refractivity contribution is 5.95. The molecule has 26 heavy (non-hydrogen) atoms. The van der Waals surface area contributed by atoms with Crippen molar-refractivity contribution in [2.45, 2.75) is 31.9 Å². The molecule has 3 atom stereocenters. The first-order valence-corrected chi connectivity index (χ1v) is 8.82. The number of anilines is 1. The number of carbonyl (C=O) groups excluding carboxylic acids is 2. The minimum atomic E-state index is -0.338. The Kier molecular flexibility index (Phi) is 4.46. The molecule has 7 heteroatoms. The third-order valence-corrected chi connectivity index (χ3v) is 5.02. The molecule has 4 heterocycles. The van der Waals surface area contributed by atoms with Crippen molar-refractivity contribution in [3.8, 4) is 0 Å². The van der Waals surface area contributed by atoms with E-state index in [-0.39, 0.29) is 29.9 Å². The molecule has 0 unspecified atom stereocenters. The van der Waals surface area contributed by atoms with Crippen LogP contribution in [-0.2, 0) is 9.53 Å². The van der Waals surface area contributed by atoms with Crippen LogP contribution in [0.15, 0.2) is 41.1 Å². The maximum absolute atomic E-state index is 12.9. The maximum atomic E-state index is 12.9. The highest BCUT2D eigenvalue weighted by Gasteiger charge is 2.44. The molecule has 0 aromatic carbocycles. The fourth-order valence-electron chi connectivity index (χ4n) is 3.74. The Morgan fingerprint density at radius 1 is 1.31 bits per heavy atom. The monoisotopic (exact) mass is 355 g/mol. The van der Waals surface area contributed by atoms with Gasteiger partial charge in [0.15, 0.2) is 5.76 Å². The summed E-state index contributed by atoms with van der Waals surface area (Å²) in [6, 6.07) is 7.00. The topological polar surface area (TPSA) is 84.7 Å². The van der Waals surface area contributed by atoms with E-state index in [9.17, 15) is 9.59 Å². The van der Waals surface area contributed by atoms with Gasteiger partial charge in [-0.3, -0.25) is 14.6 Å². The van der Waals surface area contributed by atoms with E-state index in [2.05, 4.69) is 10.3 Å². The first-order valence-electron chi connectivity index (χ1n) is 8.82. The van der Waals surface area contributed by atoms with Gasteiger partial charge in [0.05, 0.1) is 29.9 Å². The number of rotatable bonds is 3. The van der Waals surface area contributed by atoms with Crippen molar-refractivity contribution in [2.24, 2.45) is 5.92 Å². The van der Waals surface area contributed by atoms with Crippen molar-refractivity contribution in [2.75, 3.05) is 18.5 Å². The minimum absolute atomic E-state index is 0.00431. The molecule has 4 rings (SSSR count). The molecule has 0 spiro atoms. The number of furan rings is 1. The Labute approximate surface area is 151 Å². The van der Waals surface area contributed by atoms with E-state index >= 15 is 0 Å². The summed E-state index contributed by atoms with van der Waals surface area (Å²) in [5.41, 5.74) is 0.645. The standard InChI is InChI=1S/C19H21N3O4/c1-12-4-5-16(26-12)19(24)22-11-13(9-17-15(22)6-8-25-17)18(23)21-14-3-2-7-20-10-14/h2-5,7,10,13,15,17H,6,8-9,11H2,1H3,(H,21,23)/t13-,15+,17+/m1/s1. The smallest absolute Gasteiger partial charge is 0.289 e. The Morgan fingerprint density at radius 2 is 2.19 bits per heavy atom. The number of pyridine rings is 1. The average Bonchev–Trinajstić information content (AvgIpc) is 3.29. The van der Waals surface area contributed by atoms with E-state index in [4.69, 9.17) is 9.15 Å². The van der Waals surface area contributed by atoms with Gasteiger partial charge in [0.2, 0.25) is 5.91 Å². The molecule has 2 amide bonds. The van der Waals surface area contributed by atoms with Gasteiger partial charge in [-0.25, -0.2) is 0 Å². The van der Waals surface area contributed by atoms with Gasteiger partial charge >= 0.3 is 0 Å².